The molecule has 0 saturated heterocycles. The Balaban J connectivity index is 1.58. The third-order valence-electron chi connectivity index (χ3n) is 9.82. The molecular formula is C25H36O2S. The van der Waals surface area contributed by atoms with E-state index in [1.54, 1.807) is 0 Å². The predicted molar refractivity (Wildman–Crippen MR) is 114 cm³/mol. The van der Waals surface area contributed by atoms with Crippen molar-refractivity contribution in [1.82, 2.24) is 0 Å². The molecule has 4 saturated carbocycles. The van der Waals surface area contributed by atoms with Gasteiger partial charge in [0.2, 0.25) is 0 Å². The monoisotopic (exact) mass is 400 g/mol. The van der Waals surface area contributed by atoms with Crippen molar-refractivity contribution in [2.24, 2.45) is 34.5 Å². The normalized spacial score (nSPS) is 45.7. The van der Waals surface area contributed by atoms with Crippen molar-refractivity contribution >= 4 is 9.84 Å². The lowest BCUT2D eigenvalue weighted by Gasteiger charge is -2.61. The Hall–Kier alpha value is -0.830. The molecule has 1 aromatic carbocycles. The van der Waals surface area contributed by atoms with Crippen LogP contribution in [-0.2, 0) is 9.84 Å². The Kier molecular flexibility index (Phi) is 4.51. The summed E-state index contributed by atoms with van der Waals surface area (Å²) in [7, 11) is -3.27. The second-order valence-electron chi connectivity index (χ2n) is 11.0. The van der Waals surface area contributed by atoms with Gasteiger partial charge in [-0.2, -0.15) is 0 Å². The van der Waals surface area contributed by atoms with Gasteiger partial charge >= 0.3 is 0 Å². The van der Waals surface area contributed by atoms with Crippen LogP contribution in [0.1, 0.15) is 78.1 Å². The lowest BCUT2D eigenvalue weighted by Crippen LogP contribution is -2.58. The molecule has 3 heteroatoms. The summed E-state index contributed by atoms with van der Waals surface area (Å²) < 4.78 is 27.7. The molecular weight excluding hydrogens is 364 g/mol. The third-order valence-corrected chi connectivity index (χ3v) is 12.1. The summed E-state index contributed by atoms with van der Waals surface area (Å²) in [5.41, 5.74) is 0.692. The topological polar surface area (TPSA) is 34.1 Å². The highest BCUT2D eigenvalue weighted by Crippen LogP contribution is 2.67. The first-order valence-electron chi connectivity index (χ1n) is 11.7. The van der Waals surface area contributed by atoms with E-state index in [2.05, 4.69) is 13.8 Å². The molecule has 0 aromatic heterocycles. The van der Waals surface area contributed by atoms with Crippen molar-refractivity contribution in [3.05, 3.63) is 30.3 Å². The Morgan fingerprint density at radius 2 is 1.57 bits per heavy atom. The molecule has 0 unspecified atom stereocenters. The van der Waals surface area contributed by atoms with E-state index in [1.807, 2.05) is 30.3 Å². The van der Waals surface area contributed by atoms with Gasteiger partial charge in [0, 0.05) is 0 Å². The summed E-state index contributed by atoms with van der Waals surface area (Å²) in [6, 6.07) is 9.33. The smallest absolute Gasteiger partial charge is 0.181 e. The second kappa shape index (κ2) is 6.59. The van der Waals surface area contributed by atoms with Crippen LogP contribution >= 0.6 is 0 Å². The summed E-state index contributed by atoms with van der Waals surface area (Å²) in [4.78, 5) is 0.552. The molecule has 4 aliphatic rings. The average Bonchev–Trinajstić information content (AvgIpc) is 3.09. The van der Waals surface area contributed by atoms with Crippen LogP contribution in [0.5, 0.6) is 0 Å². The summed E-state index contributed by atoms with van der Waals surface area (Å²) >= 11 is 0. The minimum absolute atomic E-state index is 0.176. The summed E-state index contributed by atoms with van der Waals surface area (Å²) in [5.74, 6) is 2.46. The molecule has 0 radical (unpaired) electrons. The van der Waals surface area contributed by atoms with Gasteiger partial charge in [-0.25, -0.2) is 8.42 Å². The van der Waals surface area contributed by atoms with Crippen molar-refractivity contribution in [3.63, 3.8) is 0 Å². The van der Waals surface area contributed by atoms with Crippen LogP contribution in [0.3, 0.4) is 0 Å². The summed E-state index contributed by atoms with van der Waals surface area (Å²) in [5, 5.41) is -0.176. The predicted octanol–water partition coefficient (Wildman–Crippen LogP) is 6.26. The number of benzene rings is 1. The fraction of sp³-hybridized carbons (Fsp3) is 0.760. The van der Waals surface area contributed by atoms with Crippen LogP contribution in [0.25, 0.3) is 0 Å². The Bertz CT molecular complexity index is 831. The van der Waals surface area contributed by atoms with Gasteiger partial charge < -0.3 is 0 Å². The van der Waals surface area contributed by atoms with Crippen molar-refractivity contribution < 1.29 is 8.42 Å². The van der Waals surface area contributed by atoms with Crippen LogP contribution in [-0.4, -0.2) is 13.7 Å². The maximum atomic E-state index is 13.8. The Labute approximate surface area is 171 Å². The number of sulfone groups is 1. The van der Waals surface area contributed by atoms with E-state index in [-0.39, 0.29) is 10.7 Å². The molecule has 5 rings (SSSR count). The molecule has 7 atom stereocenters. The van der Waals surface area contributed by atoms with Crippen molar-refractivity contribution in [2.75, 3.05) is 0 Å². The van der Waals surface area contributed by atoms with E-state index in [4.69, 9.17) is 0 Å². The first kappa shape index (κ1) is 19.2. The largest absolute Gasteiger partial charge is 0.223 e. The van der Waals surface area contributed by atoms with Crippen LogP contribution < -0.4 is 0 Å². The van der Waals surface area contributed by atoms with Crippen molar-refractivity contribution in [3.8, 4) is 0 Å². The molecule has 0 amide bonds. The highest BCUT2D eigenvalue weighted by atomic mass is 32.2. The Morgan fingerprint density at radius 1 is 0.821 bits per heavy atom. The van der Waals surface area contributed by atoms with E-state index in [0.29, 0.717) is 22.1 Å². The van der Waals surface area contributed by atoms with Gasteiger partial charge in [-0.1, -0.05) is 51.3 Å². The van der Waals surface area contributed by atoms with Gasteiger partial charge in [-0.15, -0.1) is 0 Å². The maximum Gasteiger partial charge on any atom is 0.181 e. The van der Waals surface area contributed by atoms with E-state index in [1.165, 1.54) is 51.4 Å². The molecule has 0 heterocycles. The van der Waals surface area contributed by atoms with Gasteiger partial charge in [0.1, 0.15) is 0 Å². The van der Waals surface area contributed by atoms with Crippen LogP contribution in [0.4, 0.5) is 0 Å². The third kappa shape index (κ3) is 2.67. The molecule has 0 aliphatic heterocycles. The molecule has 4 aliphatic carbocycles. The minimum atomic E-state index is -3.27. The van der Waals surface area contributed by atoms with Gasteiger partial charge in [0.15, 0.2) is 9.84 Å². The number of hydrogen-bond donors (Lipinski definition) is 0. The van der Waals surface area contributed by atoms with Gasteiger partial charge in [-0.3, -0.25) is 0 Å². The van der Waals surface area contributed by atoms with Gasteiger partial charge in [0.25, 0.3) is 0 Å². The number of rotatable bonds is 2. The minimum Gasteiger partial charge on any atom is -0.223 e. The van der Waals surface area contributed by atoms with Crippen LogP contribution in [0.15, 0.2) is 35.2 Å². The highest BCUT2D eigenvalue weighted by molar-refractivity contribution is 7.92. The average molecular weight is 401 g/mol. The molecule has 1 aromatic rings. The summed E-state index contributed by atoms with van der Waals surface area (Å²) in [6.45, 7) is 5.00. The molecule has 0 N–H and O–H groups in total. The molecule has 28 heavy (non-hydrogen) atoms. The fourth-order valence-electron chi connectivity index (χ4n) is 8.44. The number of hydrogen-bond acceptors (Lipinski definition) is 2. The fourth-order valence-corrected chi connectivity index (χ4v) is 10.7. The van der Waals surface area contributed by atoms with Crippen molar-refractivity contribution in [1.29, 1.82) is 0 Å². The molecule has 0 bridgehead atoms. The van der Waals surface area contributed by atoms with E-state index in [9.17, 15) is 8.42 Å². The molecule has 2 nitrogen and oxygen atoms in total. The lowest BCUT2D eigenvalue weighted by atomic mass is 9.45. The molecule has 4 fully saturated rings. The second-order valence-corrected chi connectivity index (χ2v) is 13.1. The highest BCUT2D eigenvalue weighted by Gasteiger charge is 2.61. The van der Waals surface area contributed by atoms with Gasteiger partial charge in [-0.05, 0) is 91.6 Å². The van der Waals surface area contributed by atoms with E-state index >= 15 is 0 Å². The van der Waals surface area contributed by atoms with E-state index < -0.39 is 9.84 Å². The SMILES string of the molecule is C[C@@]12CCC[C@H]1[C@@H]1C[C@@H](S(=O)(=O)c3ccccc3)[C@H]3CCCC[C@]3(C)[C@H]1CC2. The Morgan fingerprint density at radius 3 is 2.36 bits per heavy atom. The lowest BCUT2D eigenvalue weighted by molar-refractivity contribution is -0.101. The zero-order chi connectivity index (χ0) is 19.6. The number of fused-ring (bicyclic) bond motifs is 5. The standard InChI is InChI=1S/C25H36O2S/c1-24-14-8-12-20(24)19-17-23(28(26,27)18-9-4-3-5-10-18)22-11-6-7-15-25(22,2)21(19)13-16-24/h3-5,9-10,19-23H,6-8,11-17H2,1-2H3/t19-,20-,21-,22+,23+,24-,25+/m0/s1. The van der Waals surface area contributed by atoms with Crippen LogP contribution in [0, 0.1) is 34.5 Å². The van der Waals surface area contributed by atoms with E-state index in [0.717, 1.165) is 24.7 Å². The zero-order valence-corrected chi connectivity index (χ0v) is 18.4. The first-order valence-corrected chi connectivity index (χ1v) is 13.2. The quantitative estimate of drug-likeness (QED) is 0.587. The zero-order valence-electron chi connectivity index (χ0n) is 17.6. The maximum absolute atomic E-state index is 13.8. The van der Waals surface area contributed by atoms with Crippen molar-refractivity contribution in [2.45, 2.75) is 88.2 Å². The summed E-state index contributed by atoms with van der Waals surface area (Å²) in [6.07, 6.45) is 12.5. The van der Waals surface area contributed by atoms with Gasteiger partial charge in [0.05, 0.1) is 10.1 Å². The molecule has 0 spiro atoms. The van der Waals surface area contributed by atoms with Crippen LogP contribution in [0.2, 0.25) is 0 Å². The first-order chi connectivity index (χ1) is 13.4. The molecule has 154 valence electrons.